The van der Waals surface area contributed by atoms with Crippen molar-refractivity contribution < 1.29 is 9.90 Å². The third kappa shape index (κ3) is 1.05. The molecule has 3 N–H and O–H groups in total. The molecule has 0 fully saturated rings. The average molecular weight is 138 g/mol. The van der Waals surface area contributed by atoms with Crippen LogP contribution in [-0.2, 0) is 4.79 Å². The van der Waals surface area contributed by atoms with Crippen LogP contribution in [0, 0.1) is 0 Å². The van der Waals surface area contributed by atoms with Crippen molar-refractivity contribution in [2.24, 2.45) is 5.73 Å². The van der Waals surface area contributed by atoms with Crippen LogP contribution in [0.25, 0.3) is 0 Å². The Balaban J connectivity index is 3.04. The number of hydrogen-bond acceptors (Lipinski definition) is 3. The summed E-state index contributed by atoms with van der Waals surface area (Å²) in [6, 6.07) is 0. The molecule has 0 atom stereocenters. The zero-order chi connectivity index (χ0) is 7.56. The van der Waals surface area contributed by atoms with E-state index in [-0.39, 0.29) is 11.4 Å². The summed E-state index contributed by atoms with van der Waals surface area (Å²) in [6.45, 7) is 0. The molecule has 1 heterocycles. The van der Waals surface area contributed by atoms with Crippen molar-refractivity contribution in [3.8, 4) is 0 Å². The lowest BCUT2D eigenvalue weighted by atomic mass is 10.3. The van der Waals surface area contributed by atoms with Gasteiger partial charge in [-0.25, -0.2) is 4.79 Å². The van der Waals surface area contributed by atoms with Crippen molar-refractivity contribution >= 4 is 12.2 Å². The number of aliphatic carboxylic acids is 1. The summed E-state index contributed by atoms with van der Waals surface area (Å²) in [5.41, 5.74) is 5.37. The lowest BCUT2D eigenvalue weighted by molar-refractivity contribution is -0.132. The molecule has 0 aliphatic carbocycles. The van der Waals surface area contributed by atoms with E-state index < -0.39 is 5.97 Å². The van der Waals surface area contributed by atoms with Crippen molar-refractivity contribution in [3.63, 3.8) is 0 Å². The van der Waals surface area contributed by atoms with Gasteiger partial charge in [-0.15, -0.1) is 0 Å². The van der Waals surface area contributed by atoms with Gasteiger partial charge in [-0.2, -0.15) is 0 Å². The minimum atomic E-state index is -1.10. The van der Waals surface area contributed by atoms with Crippen molar-refractivity contribution in [1.29, 1.82) is 0 Å². The zero-order valence-electron chi connectivity index (χ0n) is 5.11. The minimum Gasteiger partial charge on any atom is -0.473 e. The molecule has 0 saturated heterocycles. The van der Waals surface area contributed by atoms with Gasteiger partial charge in [0.05, 0.1) is 4.99 Å². The molecule has 0 bridgehead atoms. The average Bonchev–Trinajstić information content (AvgIpc) is 1.88. The predicted molar refractivity (Wildman–Crippen MR) is 36.2 cm³/mol. The highest BCUT2D eigenvalue weighted by Crippen LogP contribution is 1.98. The molecule has 1 aliphatic heterocycles. The fraction of sp³-hybridized carbons (Fsp3) is 0. The largest absolute Gasteiger partial charge is 0.473 e. The van der Waals surface area contributed by atoms with Gasteiger partial charge in [0.2, 0.25) is 6.21 Å². The fourth-order valence-electron chi connectivity index (χ4n) is 0.596. The molecule has 0 amide bonds. The standard InChI is InChI=1S/C6H6N2O2/c7-4-2-1-3-8-5(4)6(9)10/h1-3H,7H2,(H,9,10)/q+1. The highest BCUT2D eigenvalue weighted by Gasteiger charge is 2.22. The van der Waals surface area contributed by atoms with Crippen LogP contribution < -0.4 is 10.7 Å². The first-order valence-corrected chi connectivity index (χ1v) is 2.65. The molecule has 1 aliphatic rings. The Morgan fingerprint density at radius 3 is 2.80 bits per heavy atom. The summed E-state index contributed by atoms with van der Waals surface area (Å²) in [4.78, 5) is 13.8. The quantitative estimate of drug-likeness (QED) is 0.498. The maximum atomic E-state index is 10.3. The van der Waals surface area contributed by atoms with Crippen LogP contribution in [0.3, 0.4) is 0 Å². The molecule has 0 aromatic rings. The highest BCUT2D eigenvalue weighted by atomic mass is 16.4. The smallest absolute Gasteiger partial charge is 0.410 e. The number of carboxylic acids is 1. The summed E-state index contributed by atoms with van der Waals surface area (Å²) in [6.07, 6.45) is 4.47. The molecule has 0 aromatic carbocycles. The van der Waals surface area contributed by atoms with Gasteiger partial charge in [-0.1, -0.05) is 0 Å². The highest BCUT2D eigenvalue weighted by molar-refractivity contribution is 5.91. The van der Waals surface area contributed by atoms with Gasteiger partial charge in [0.25, 0.3) is 0 Å². The van der Waals surface area contributed by atoms with Gasteiger partial charge in [-0.05, 0) is 6.08 Å². The van der Waals surface area contributed by atoms with E-state index in [0.29, 0.717) is 0 Å². The van der Waals surface area contributed by atoms with E-state index in [9.17, 15) is 4.79 Å². The third-order valence-corrected chi connectivity index (χ3v) is 1.04. The Hall–Kier alpha value is -1.58. The maximum absolute atomic E-state index is 10.3. The normalized spacial score (nSPS) is 16.0. The van der Waals surface area contributed by atoms with Crippen molar-refractivity contribution in [1.82, 2.24) is 4.99 Å². The molecule has 1 radical (unpaired) electrons. The van der Waals surface area contributed by atoms with Gasteiger partial charge >= 0.3 is 11.7 Å². The second kappa shape index (κ2) is 2.34. The first-order valence-electron chi connectivity index (χ1n) is 2.65. The topological polar surface area (TPSA) is 77.4 Å². The molecule has 10 heavy (non-hydrogen) atoms. The van der Waals surface area contributed by atoms with E-state index in [1.54, 1.807) is 6.08 Å². The SMILES string of the molecule is NC1=C(C(=O)O)[N+]=CC=C1. The van der Waals surface area contributed by atoms with E-state index in [2.05, 4.69) is 4.99 Å². The molecule has 4 nitrogen and oxygen atoms in total. The molecular formula is C6H6N2O2+. The van der Waals surface area contributed by atoms with Gasteiger partial charge in [0.15, 0.2) is 0 Å². The maximum Gasteiger partial charge on any atom is 0.410 e. The number of carbonyl (C=O) groups is 1. The van der Waals surface area contributed by atoms with E-state index >= 15 is 0 Å². The van der Waals surface area contributed by atoms with Gasteiger partial charge in [-0.3, -0.25) is 0 Å². The number of hydrogen-bond donors (Lipinski definition) is 2. The fourth-order valence-corrected chi connectivity index (χ4v) is 0.596. The number of rotatable bonds is 1. The summed E-state index contributed by atoms with van der Waals surface area (Å²) >= 11 is 0. The molecule has 51 valence electrons. The Labute approximate surface area is 57.4 Å². The first-order chi connectivity index (χ1) is 4.72. The molecule has 4 heteroatoms. The van der Waals surface area contributed by atoms with Gasteiger partial charge in [0, 0.05) is 6.08 Å². The van der Waals surface area contributed by atoms with Crippen LogP contribution in [-0.4, -0.2) is 17.3 Å². The zero-order valence-corrected chi connectivity index (χ0v) is 5.11. The van der Waals surface area contributed by atoms with Crippen LogP contribution in [0.5, 0.6) is 0 Å². The summed E-state index contributed by atoms with van der Waals surface area (Å²) in [5.74, 6) is -1.10. The van der Waals surface area contributed by atoms with Crippen LogP contribution in [0.2, 0.25) is 0 Å². The van der Waals surface area contributed by atoms with E-state index in [1.165, 1.54) is 12.3 Å². The Morgan fingerprint density at radius 1 is 1.70 bits per heavy atom. The van der Waals surface area contributed by atoms with E-state index in [4.69, 9.17) is 10.8 Å². The van der Waals surface area contributed by atoms with E-state index in [1.807, 2.05) is 0 Å². The third-order valence-electron chi connectivity index (χ3n) is 1.04. The second-order valence-electron chi connectivity index (χ2n) is 1.75. The lowest BCUT2D eigenvalue weighted by Gasteiger charge is -1.89. The molecular weight excluding hydrogens is 132 g/mol. The summed E-state index contributed by atoms with van der Waals surface area (Å²) in [5, 5.41) is 8.42. The van der Waals surface area contributed by atoms with Crippen LogP contribution >= 0.6 is 0 Å². The molecule has 0 saturated carbocycles. The molecule has 0 unspecified atom stereocenters. The Kier molecular flexibility index (Phi) is 1.53. The first kappa shape index (κ1) is 6.54. The van der Waals surface area contributed by atoms with E-state index in [0.717, 1.165) is 0 Å². The van der Waals surface area contributed by atoms with Crippen LogP contribution in [0.1, 0.15) is 0 Å². The van der Waals surface area contributed by atoms with Crippen molar-refractivity contribution in [2.45, 2.75) is 0 Å². The number of aliphatic imine (C=N–C) groups is 1. The van der Waals surface area contributed by atoms with Gasteiger partial charge in [0.1, 0.15) is 5.70 Å². The van der Waals surface area contributed by atoms with Crippen LogP contribution in [0.4, 0.5) is 0 Å². The van der Waals surface area contributed by atoms with Crippen molar-refractivity contribution in [2.75, 3.05) is 0 Å². The molecule has 1 rings (SSSR count). The van der Waals surface area contributed by atoms with Crippen LogP contribution in [0.15, 0.2) is 23.5 Å². The predicted octanol–water partition coefficient (Wildman–Crippen LogP) is -0.782. The summed E-state index contributed by atoms with van der Waals surface area (Å²) in [7, 11) is 0. The van der Waals surface area contributed by atoms with Crippen molar-refractivity contribution in [3.05, 3.63) is 23.5 Å². The number of allylic oxidation sites excluding steroid dienone is 2. The Bertz CT molecular complexity index is 250. The number of nitrogens with zero attached hydrogens (tertiary/aromatic N) is 1. The number of nitrogens with two attached hydrogens (primary N) is 1. The minimum absolute atomic E-state index is 0.0949. The number of carboxylic acid groups (broad SMARTS) is 1. The summed E-state index contributed by atoms with van der Waals surface area (Å²) < 4.78 is 0. The Morgan fingerprint density at radius 2 is 2.40 bits per heavy atom. The molecule has 0 aromatic heterocycles. The monoisotopic (exact) mass is 138 g/mol. The van der Waals surface area contributed by atoms with Gasteiger partial charge < -0.3 is 10.8 Å². The lowest BCUT2D eigenvalue weighted by Crippen LogP contribution is -2.15. The molecule has 0 spiro atoms. The second-order valence-corrected chi connectivity index (χ2v) is 1.75.